The van der Waals surface area contributed by atoms with E-state index in [1.165, 1.54) is 5.56 Å². The van der Waals surface area contributed by atoms with Crippen molar-refractivity contribution in [1.29, 1.82) is 0 Å². The standard InChI is InChI=1S/C21H19N3O3/c25-19(24-12-9-15-3-1-2-4-18(15)13-24)14-27-21(26)17-7-5-16(6-8-17)20-22-10-11-23-20/h1-8,10-11H,9,12-14H2,(H,22,23). The van der Waals surface area contributed by atoms with Crippen LogP contribution in [0.5, 0.6) is 0 Å². The Bertz CT molecular complexity index is 949. The Hall–Kier alpha value is -3.41. The molecule has 2 heterocycles. The molecule has 1 aromatic heterocycles. The Labute approximate surface area is 156 Å². The SMILES string of the molecule is O=C(OCC(=O)N1CCc2ccccc2C1)c1ccc(-c2ncc[nH]2)cc1. The zero-order chi connectivity index (χ0) is 18.6. The maximum absolute atomic E-state index is 12.4. The van der Waals surface area contributed by atoms with Crippen molar-refractivity contribution < 1.29 is 14.3 Å². The largest absolute Gasteiger partial charge is 0.452 e. The maximum Gasteiger partial charge on any atom is 0.338 e. The van der Waals surface area contributed by atoms with Crippen molar-refractivity contribution in [2.75, 3.05) is 13.2 Å². The van der Waals surface area contributed by atoms with Crippen LogP contribution in [0.25, 0.3) is 11.4 Å². The van der Waals surface area contributed by atoms with Crippen molar-refractivity contribution in [2.24, 2.45) is 0 Å². The van der Waals surface area contributed by atoms with Gasteiger partial charge in [0.25, 0.3) is 5.91 Å². The molecule has 0 fully saturated rings. The number of ether oxygens (including phenoxy) is 1. The van der Waals surface area contributed by atoms with E-state index in [-0.39, 0.29) is 12.5 Å². The minimum absolute atomic E-state index is 0.176. The maximum atomic E-state index is 12.4. The number of amides is 1. The molecule has 2 aromatic carbocycles. The minimum atomic E-state index is -0.508. The van der Waals surface area contributed by atoms with E-state index in [0.29, 0.717) is 18.7 Å². The topological polar surface area (TPSA) is 75.3 Å². The number of hydrogen-bond acceptors (Lipinski definition) is 4. The van der Waals surface area contributed by atoms with E-state index >= 15 is 0 Å². The first-order chi connectivity index (χ1) is 13.2. The Balaban J connectivity index is 1.33. The molecule has 0 unspecified atom stereocenters. The zero-order valence-electron chi connectivity index (χ0n) is 14.7. The summed E-state index contributed by atoms with van der Waals surface area (Å²) in [5, 5.41) is 0. The van der Waals surface area contributed by atoms with Gasteiger partial charge in [-0.1, -0.05) is 36.4 Å². The quantitative estimate of drug-likeness (QED) is 0.725. The molecular weight excluding hydrogens is 342 g/mol. The fourth-order valence-electron chi connectivity index (χ4n) is 3.20. The van der Waals surface area contributed by atoms with Crippen LogP contribution >= 0.6 is 0 Å². The molecule has 0 saturated heterocycles. The highest BCUT2D eigenvalue weighted by Gasteiger charge is 2.21. The molecule has 27 heavy (non-hydrogen) atoms. The summed E-state index contributed by atoms with van der Waals surface area (Å²) in [5.74, 6) is 0.0484. The molecule has 0 saturated carbocycles. The first-order valence-corrected chi connectivity index (χ1v) is 8.82. The number of rotatable bonds is 4. The third kappa shape index (κ3) is 3.74. The van der Waals surface area contributed by atoms with Crippen LogP contribution in [0.3, 0.4) is 0 Å². The van der Waals surface area contributed by atoms with Crippen LogP contribution in [0.15, 0.2) is 60.9 Å². The van der Waals surface area contributed by atoms with E-state index in [9.17, 15) is 9.59 Å². The first-order valence-electron chi connectivity index (χ1n) is 8.82. The molecule has 1 aliphatic rings. The summed E-state index contributed by atoms with van der Waals surface area (Å²) >= 11 is 0. The number of carbonyl (C=O) groups excluding carboxylic acids is 2. The van der Waals surface area contributed by atoms with Gasteiger partial charge in [0.05, 0.1) is 5.56 Å². The van der Waals surface area contributed by atoms with Crippen molar-refractivity contribution in [3.63, 3.8) is 0 Å². The number of esters is 1. The lowest BCUT2D eigenvalue weighted by molar-refractivity contribution is -0.135. The van der Waals surface area contributed by atoms with Crippen LogP contribution in [0.2, 0.25) is 0 Å². The van der Waals surface area contributed by atoms with Crippen LogP contribution in [0.4, 0.5) is 0 Å². The summed E-state index contributed by atoms with van der Waals surface area (Å²) in [7, 11) is 0. The molecule has 0 radical (unpaired) electrons. The van der Waals surface area contributed by atoms with E-state index in [2.05, 4.69) is 16.0 Å². The number of nitrogens with zero attached hydrogens (tertiary/aromatic N) is 2. The summed E-state index contributed by atoms with van der Waals surface area (Å²) in [5.41, 5.74) is 3.70. The summed E-state index contributed by atoms with van der Waals surface area (Å²) in [6, 6.07) is 15.0. The van der Waals surface area contributed by atoms with Gasteiger partial charge in [0.1, 0.15) is 5.82 Å². The van der Waals surface area contributed by atoms with Crippen LogP contribution in [-0.2, 0) is 22.5 Å². The lowest BCUT2D eigenvalue weighted by atomic mass is 10.00. The number of benzene rings is 2. The molecule has 0 bridgehead atoms. The number of carbonyl (C=O) groups is 2. The third-order valence-corrected chi connectivity index (χ3v) is 4.70. The molecule has 1 N–H and O–H groups in total. The van der Waals surface area contributed by atoms with Crippen molar-refractivity contribution in [3.05, 3.63) is 77.6 Å². The van der Waals surface area contributed by atoms with Gasteiger partial charge in [-0.3, -0.25) is 4.79 Å². The average molecular weight is 361 g/mol. The van der Waals surface area contributed by atoms with Gasteiger partial charge < -0.3 is 14.6 Å². The van der Waals surface area contributed by atoms with E-state index in [1.54, 1.807) is 41.6 Å². The predicted octanol–water partition coefficient (Wildman–Crippen LogP) is 2.82. The highest BCUT2D eigenvalue weighted by molar-refractivity contribution is 5.91. The first kappa shape index (κ1) is 17.0. The highest BCUT2D eigenvalue weighted by Crippen LogP contribution is 2.19. The Morgan fingerprint density at radius 2 is 1.85 bits per heavy atom. The molecule has 0 aliphatic carbocycles. The van der Waals surface area contributed by atoms with Gasteiger partial charge in [-0.05, 0) is 29.7 Å². The number of nitrogens with one attached hydrogen (secondary N) is 1. The zero-order valence-corrected chi connectivity index (χ0v) is 14.7. The second-order valence-corrected chi connectivity index (χ2v) is 6.43. The number of imidazole rings is 1. The summed E-state index contributed by atoms with van der Waals surface area (Å²) < 4.78 is 5.21. The van der Waals surface area contributed by atoms with E-state index in [0.717, 1.165) is 23.4 Å². The van der Waals surface area contributed by atoms with Gasteiger partial charge in [-0.2, -0.15) is 0 Å². The van der Waals surface area contributed by atoms with Gasteiger partial charge in [-0.25, -0.2) is 9.78 Å². The molecule has 0 spiro atoms. The monoisotopic (exact) mass is 361 g/mol. The second kappa shape index (κ2) is 7.45. The van der Waals surface area contributed by atoms with Gasteiger partial charge in [0, 0.05) is 31.0 Å². The summed E-state index contributed by atoms with van der Waals surface area (Å²) in [4.78, 5) is 33.5. The number of fused-ring (bicyclic) bond motifs is 1. The van der Waals surface area contributed by atoms with Crippen molar-refractivity contribution in [2.45, 2.75) is 13.0 Å². The Kier molecular flexibility index (Phi) is 4.70. The van der Waals surface area contributed by atoms with E-state index in [4.69, 9.17) is 4.74 Å². The van der Waals surface area contributed by atoms with Crippen molar-refractivity contribution in [3.8, 4) is 11.4 Å². The van der Waals surface area contributed by atoms with Crippen LogP contribution in [0.1, 0.15) is 21.5 Å². The number of aromatic nitrogens is 2. The van der Waals surface area contributed by atoms with E-state index < -0.39 is 5.97 Å². The third-order valence-electron chi connectivity index (χ3n) is 4.70. The second-order valence-electron chi connectivity index (χ2n) is 6.43. The normalized spacial score (nSPS) is 13.1. The van der Waals surface area contributed by atoms with Crippen LogP contribution < -0.4 is 0 Å². The lowest BCUT2D eigenvalue weighted by Crippen LogP contribution is -2.38. The smallest absolute Gasteiger partial charge is 0.338 e. The number of hydrogen-bond donors (Lipinski definition) is 1. The molecule has 1 amide bonds. The van der Waals surface area contributed by atoms with Gasteiger partial charge >= 0.3 is 5.97 Å². The number of aromatic amines is 1. The molecule has 3 aromatic rings. The molecular formula is C21H19N3O3. The van der Waals surface area contributed by atoms with Crippen molar-refractivity contribution >= 4 is 11.9 Å². The fraction of sp³-hybridized carbons (Fsp3) is 0.190. The van der Waals surface area contributed by atoms with Crippen molar-refractivity contribution in [1.82, 2.24) is 14.9 Å². The molecule has 4 rings (SSSR count). The molecule has 1 aliphatic heterocycles. The number of H-pyrrole nitrogens is 1. The summed E-state index contributed by atoms with van der Waals surface area (Å²) in [6.45, 7) is 0.955. The molecule has 0 atom stereocenters. The molecule has 6 nitrogen and oxygen atoms in total. The van der Waals surface area contributed by atoms with Crippen LogP contribution in [-0.4, -0.2) is 39.9 Å². The Morgan fingerprint density at radius 3 is 2.59 bits per heavy atom. The van der Waals surface area contributed by atoms with Crippen LogP contribution in [0, 0.1) is 0 Å². The fourth-order valence-corrected chi connectivity index (χ4v) is 3.20. The minimum Gasteiger partial charge on any atom is -0.452 e. The average Bonchev–Trinajstić information content (AvgIpc) is 3.26. The van der Waals surface area contributed by atoms with Gasteiger partial charge in [0.2, 0.25) is 0 Å². The molecule has 136 valence electrons. The Morgan fingerprint density at radius 1 is 1.07 bits per heavy atom. The van der Waals surface area contributed by atoms with Gasteiger partial charge in [-0.15, -0.1) is 0 Å². The molecule has 6 heteroatoms. The predicted molar refractivity (Wildman–Crippen MR) is 99.9 cm³/mol. The van der Waals surface area contributed by atoms with E-state index in [1.807, 2.05) is 18.2 Å². The lowest BCUT2D eigenvalue weighted by Gasteiger charge is -2.28. The summed E-state index contributed by atoms with van der Waals surface area (Å²) in [6.07, 6.45) is 4.23. The van der Waals surface area contributed by atoms with Gasteiger partial charge in [0.15, 0.2) is 6.61 Å². The highest BCUT2D eigenvalue weighted by atomic mass is 16.5.